The van der Waals surface area contributed by atoms with Crippen molar-refractivity contribution in [1.82, 2.24) is 10.2 Å². The fourth-order valence-electron chi connectivity index (χ4n) is 1.98. The highest BCUT2D eigenvalue weighted by atomic mass is 16.5. The van der Waals surface area contributed by atoms with Crippen molar-refractivity contribution in [3.05, 3.63) is 59.8 Å². The van der Waals surface area contributed by atoms with Crippen molar-refractivity contribution in [2.75, 3.05) is 5.73 Å². The minimum Gasteiger partial charge on any atom is -0.456 e. The van der Waals surface area contributed by atoms with E-state index in [2.05, 4.69) is 10.2 Å². The second-order valence-electron chi connectivity index (χ2n) is 4.44. The maximum absolute atomic E-state index is 12.1. The van der Waals surface area contributed by atoms with Gasteiger partial charge in [0.1, 0.15) is 6.61 Å². The minimum atomic E-state index is -0.467. The van der Waals surface area contributed by atoms with E-state index in [-0.39, 0.29) is 12.3 Å². The van der Waals surface area contributed by atoms with Crippen molar-refractivity contribution in [1.29, 1.82) is 0 Å². The number of hydrogen-bond donors (Lipinski definition) is 2. The molecule has 0 aliphatic carbocycles. The van der Waals surface area contributed by atoms with Gasteiger partial charge in [-0.2, -0.15) is 5.10 Å². The van der Waals surface area contributed by atoms with Crippen LogP contribution < -0.4 is 5.73 Å². The van der Waals surface area contributed by atoms with E-state index >= 15 is 0 Å². The highest BCUT2D eigenvalue weighted by Gasteiger charge is 2.15. The van der Waals surface area contributed by atoms with Crippen LogP contribution in [0.4, 0.5) is 5.69 Å². The van der Waals surface area contributed by atoms with Crippen molar-refractivity contribution in [3.63, 3.8) is 0 Å². The van der Waals surface area contributed by atoms with Crippen LogP contribution in [0.2, 0.25) is 0 Å². The zero-order valence-corrected chi connectivity index (χ0v) is 10.7. The topological polar surface area (TPSA) is 81.0 Å². The van der Waals surface area contributed by atoms with Crippen molar-refractivity contribution in [3.8, 4) is 0 Å². The fourth-order valence-corrected chi connectivity index (χ4v) is 1.98. The van der Waals surface area contributed by atoms with Crippen LogP contribution in [0.15, 0.2) is 48.5 Å². The Balaban J connectivity index is 1.80. The summed E-state index contributed by atoms with van der Waals surface area (Å²) in [5.41, 5.74) is 8.24. The van der Waals surface area contributed by atoms with Crippen LogP contribution in [0, 0.1) is 0 Å². The van der Waals surface area contributed by atoms with Crippen molar-refractivity contribution in [2.24, 2.45) is 0 Å². The number of carbonyl (C=O) groups is 1. The molecule has 0 aliphatic heterocycles. The first-order chi connectivity index (χ1) is 9.74. The third-order valence-electron chi connectivity index (χ3n) is 2.99. The summed E-state index contributed by atoms with van der Waals surface area (Å²) in [6.45, 7) is 0.219. The molecule has 5 heteroatoms. The number of nitrogens with zero attached hydrogens (tertiary/aromatic N) is 1. The lowest BCUT2D eigenvalue weighted by atomic mass is 10.2. The summed E-state index contributed by atoms with van der Waals surface area (Å²) in [4.78, 5) is 12.1. The molecule has 0 unspecified atom stereocenters. The maximum Gasteiger partial charge on any atom is 0.359 e. The molecule has 0 fully saturated rings. The molecule has 3 aromatic rings. The molecule has 20 heavy (non-hydrogen) atoms. The van der Waals surface area contributed by atoms with Gasteiger partial charge in [0, 0.05) is 11.1 Å². The molecule has 0 saturated carbocycles. The third kappa shape index (κ3) is 2.33. The number of aromatic amines is 1. The monoisotopic (exact) mass is 267 g/mol. The first-order valence-corrected chi connectivity index (χ1v) is 6.19. The number of esters is 1. The van der Waals surface area contributed by atoms with Crippen LogP contribution in [0.3, 0.4) is 0 Å². The van der Waals surface area contributed by atoms with Gasteiger partial charge in [-0.1, -0.05) is 30.3 Å². The van der Waals surface area contributed by atoms with E-state index < -0.39 is 5.97 Å². The molecule has 1 aromatic heterocycles. The van der Waals surface area contributed by atoms with Crippen LogP contribution in [0.25, 0.3) is 10.9 Å². The van der Waals surface area contributed by atoms with Crippen molar-refractivity contribution < 1.29 is 9.53 Å². The number of carbonyl (C=O) groups excluding carboxylic acids is 1. The molecule has 3 rings (SSSR count). The Morgan fingerprint density at radius 2 is 2.00 bits per heavy atom. The summed E-state index contributed by atoms with van der Waals surface area (Å²) in [6.07, 6.45) is 0. The summed E-state index contributed by atoms with van der Waals surface area (Å²) in [6, 6.07) is 14.7. The van der Waals surface area contributed by atoms with Crippen LogP contribution in [0.1, 0.15) is 16.1 Å². The van der Waals surface area contributed by atoms with Gasteiger partial charge < -0.3 is 10.5 Å². The number of fused-ring (bicyclic) bond motifs is 1. The van der Waals surface area contributed by atoms with E-state index in [9.17, 15) is 4.79 Å². The van der Waals surface area contributed by atoms with Crippen LogP contribution in [-0.4, -0.2) is 16.2 Å². The molecule has 5 nitrogen and oxygen atoms in total. The molecule has 0 radical (unpaired) electrons. The van der Waals surface area contributed by atoms with Gasteiger partial charge in [-0.25, -0.2) is 4.79 Å². The Morgan fingerprint density at radius 1 is 1.20 bits per heavy atom. The van der Waals surface area contributed by atoms with Crippen LogP contribution in [0.5, 0.6) is 0 Å². The molecular weight excluding hydrogens is 254 g/mol. The average molecular weight is 267 g/mol. The fraction of sp³-hybridized carbons (Fsp3) is 0.0667. The predicted octanol–water partition coefficient (Wildman–Crippen LogP) is 2.50. The Labute approximate surface area is 115 Å². The number of ether oxygens (including phenoxy) is 1. The number of aromatic nitrogens is 2. The lowest BCUT2D eigenvalue weighted by Gasteiger charge is -2.03. The summed E-state index contributed by atoms with van der Waals surface area (Å²) in [7, 11) is 0. The first-order valence-electron chi connectivity index (χ1n) is 6.19. The smallest absolute Gasteiger partial charge is 0.359 e. The third-order valence-corrected chi connectivity index (χ3v) is 2.99. The normalized spacial score (nSPS) is 10.6. The van der Waals surface area contributed by atoms with E-state index in [0.29, 0.717) is 11.1 Å². The minimum absolute atomic E-state index is 0.219. The Kier molecular flexibility index (Phi) is 3.09. The van der Waals surface area contributed by atoms with E-state index in [0.717, 1.165) is 11.1 Å². The number of benzene rings is 2. The van der Waals surface area contributed by atoms with Crippen LogP contribution in [-0.2, 0) is 11.3 Å². The predicted molar refractivity (Wildman–Crippen MR) is 76.1 cm³/mol. The molecule has 0 spiro atoms. The number of rotatable bonds is 3. The van der Waals surface area contributed by atoms with Gasteiger partial charge in [-0.05, 0) is 23.8 Å². The van der Waals surface area contributed by atoms with E-state index in [1.807, 2.05) is 30.3 Å². The quantitative estimate of drug-likeness (QED) is 0.564. The molecule has 0 saturated heterocycles. The number of H-pyrrole nitrogens is 1. The zero-order chi connectivity index (χ0) is 13.9. The second kappa shape index (κ2) is 5.05. The largest absolute Gasteiger partial charge is 0.456 e. The van der Waals surface area contributed by atoms with Gasteiger partial charge in [0.2, 0.25) is 0 Å². The van der Waals surface area contributed by atoms with E-state index in [4.69, 9.17) is 10.5 Å². The molecule has 100 valence electrons. The molecule has 2 aromatic carbocycles. The lowest BCUT2D eigenvalue weighted by molar-refractivity contribution is 0.0468. The number of nitrogen functional groups attached to an aromatic ring is 1. The molecule has 0 amide bonds. The first kappa shape index (κ1) is 12.2. The summed E-state index contributed by atoms with van der Waals surface area (Å²) < 4.78 is 5.26. The van der Waals surface area contributed by atoms with Gasteiger partial charge in [0.15, 0.2) is 5.69 Å². The summed E-state index contributed by atoms with van der Waals surface area (Å²) in [5, 5.41) is 7.45. The Hall–Kier alpha value is -2.82. The standard InChI is InChI=1S/C15H13N3O2/c16-11-6-7-13-12(8-11)14(18-17-13)15(19)20-9-10-4-2-1-3-5-10/h1-8H,9,16H2,(H,17,18). The maximum atomic E-state index is 12.1. The van der Waals surface area contributed by atoms with Crippen molar-refractivity contribution >= 4 is 22.6 Å². The molecule has 0 bridgehead atoms. The highest BCUT2D eigenvalue weighted by molar-refractivity contribution is 6.02. The van der Waals surface area contributed by atoms with Crippen LogP contribution >= 0.6 is 0 Å². The molecular formula is C15H13N3O2. The number of nitrogens with one attached hydrogen (secondary N) is 1. The van der Waals surface area contributed by atoms with Gasteiger partial charge in [0.25, 0.3) is 0 Å². The zero-order valence-electron chi connectivity index (χ0n) is 10.7. The SMILES string of the molecule is Nc1ccc2[nH]nc(C(=O)OCc3ccccc3)c2c1. The highest BCUT2D eigenvalue weighted by Crippen LogP contribution is 2.19. The summed E-state index contributed by atoms with van der Waals surface area (Å²) in [5.74, 6) is -0.467. The summed E-state index contributed by atoms with van der Waals surface area (Å²) >= 11 is 0. The van der Waals surface area contributed by atoms with Gasteiger partial charge in [-0.3, -0.25) is 5.10 Å². The molecule has 0 aliphatic rings. The number of anilines is 1. The second-order valence-corrected chi connectivity index (χ2v) is 4.44. The van der Waals surface area contributed by atoms with Gasteiger partial charge in [0.05, 0.1) is 5.52 Å². The molecule has 0 atom stereocenters. The van der Waals surface area contributed by atoms with E-state index in [1.54, 1.807) is 18.2 Å². The van der Waals surface area contributed by atoms with Crippen molar-refractivity contribution in [2.45, 2.75) is 6.61 Å². The Bertz CT molecular complexity index is 750. The lowest BCUT2D eigenvalue weighted by Crippen LogP contribution is -2.06. The number of hydrogen-bond acceptors (Lipinski definition) is 4. The molecule has 3 N–H and O–H groups in total. The number of nitrogens with two attached hydrogens (primary N) is 1. The Morgan fingerprint density at radius 3 is 2.80 bits per heavy atom. The van der Waals surface area contributed by atoms with Gasteiger partial charge >= 0.3 is 5.97 Å². The molecule has 1 heterocycles. The van der Waals surface area contributed by atoms with E-state index in [1.165, 1.54) is 0 Å². The average Bonchev–Trinajstić information content (AvgIpc) is 2.89. The van der Waals surface area contributed by atoms with Gasteiger partial charge in [-0.15, -0.1) is 0 Å².